The Morgan fingerprint density at radius 1 is 0.875 bits per heavy atom. The molecule has 0 spiro atoms. The number of hydrogen-bond donors (Lipinski definition) is 1. The first-order chi connectivity index (χ1) is 10.6. The highest BCUT2D eigenvalue weighted by molar-refractivity contribution is 5.90. The van der Waals surface area contributed by atoms with E-state index in [2.05, 4.69) is 25.5 Å². The van der Waals surface area contributed by atoms with E-state index in [9.17, 15) is 41.0 Å². The smallest absolute Gasteiger partial charge is 0.491 e. The number of phenols is 1. The summed E-state index contributed by atoms with van der Waals surface area (Å²) in [5.41, 5.74) is 1.03. The molecule has 0 saturated heterocycles. The topological polar surface area (TPSA) is 63.6 Å². The fraction of sp³-hybridized carbons (Fsp3) is 0.429. The molecule has 0 heterocycles. The summed E-state index contributed by atoms with van der Waals surface area (Å²) >= 11 is 0. The number of rotatable bonds is 0. The Hall–Kier alpha value is -2.26. The minimum absolute atomic E-state index is 0.0331. The second-order valence-corrected chi connectivity index (χ2v) is 5.44. The van der Waals surface area contributed by atoms with Gasteiger partial charge in [-0.15, -0.1) is 0 Å². The molecule has 1 aromatic rings. The Kier molecular flexibility index (Phi) is 6.83. The van der Waals surface area contributed by atoms with Crippen LogP contribution in [0.1, 0.15) is 26.3 Å². The van der Waals surface area contributed by atoms with Crippen molar-refractivity contribution < 1.29 is 45.8 Å². The van der Waals surface area contributed by atoms with Crippen LogP contribution in [-0.2, 0) is 19.7 Å². The molecule has 24 heavy (non-hydrogen) atoms. The molecular formula is C14H14F6O4. The van der Waals surface area contributed by atoms with E-state index < -0.39 is 24.3 Å². The predicted octanol–water partition coefficient (Wildman–Crippen LogP) is 3.87. The number of phenolic OH excluding ortho intramolecular Hbond substituents is 1. The number of esters is 2. The van der Waals surface area contributed by atoms with Crippen LogP contribution >= 0.6 is 0 Å². The average Bonchev–Trinajstić information content (AvgIpc) is 2.36. The summed E-state index contributed by atoms with van der Waals surface area (Å²) in [5.74, 6) is -6.01. The molecule has 0 aliphatic carbocycles. The van der Waals surface area contributed by atoms with E-state index in [1.807, 2.05) is 18.2 Å². The van der Waals surface area contributed by atoms with Crippen LogP contribution in [-0.4, -0.2) is 29.4 Å². The first kappa shape index (κ1) is 21.7. The van der Waals surface area contributed by atoms with Gasteiger partial charge in [0, 0.05) is 0 Å². The first-order valence-electron chi connectivity index (χ1n) is 6.25. The quantitative estimate of drug-likeness (QED) is 0.433. The standard InChI is InChI=1S/C10H14O.C4F6O3/c1-10(2,3)8-6-4-5-7-9(8)11;5-3(6,7)1(11)13-2(12)4(8,9)10/h4-7,11H,1-3H3;. The van der Waals surface area contributed by atoms with E-state index in [0.29, 0.717) is 5.75 Å². The number of ether oxygens (including phenoxy) is 1. The van der Waals surface area contributed by atoms with Crippen LogP contribution in [0.25, 0.3) is 0 Å². The van der Waals surface area contributed by atoms with Gasteiger partial charge in [0.2, 0.25) is 0 Å². The van der Waals surface area contributed by atoms with Gasteiger partial charge in [-0.1, -0.05) is 39.0 Å². The van der Waals surface area contributed by atoms with Crippen molar-refractivity contribution in [2.45, 2.75) is 38.5 Å². The van der Waals surface area contributed by atoms with Crippen LogP contribution < -0.4 is 0 Å². The van der Waals surface area contributed by atoms with Crippen molar-refractivity contribution in [3.05, 3.63) is 29.8 Å². The molecule has 10 heteroatoms. The Balaban J connectivity index is 0.000000446. The third-order valence-corrected chi connectivity index (χ3v) is 2.36. The van der Waals surface area contributed by atoms with Crippen LogP contribution in [0.4, 0.5) is 26.3 Å². The molecular weight excluding hydrogens is 346 g/mol. The zero-order valence-corrected chi connectivity index (χ0v) is 12.7. The maximum absolute atomic E-state index is 11.2. The number of carbonyl (C=O) groups is 2. The number of hydrogen-bond acceptors (Lipinski definition) is 4. The maximum atomic E-state index is 11.2. The van der Waals surface area contributed by atoms with E-state index in [4.69, 9.17) is 0 Å². The summed E-state index contributed by atoms with van der Waals surface area (Å²) < 4.78 is 69.7. The van der Waals surface area contributed by atoms with E-state index >= 15 is 0 Å². The molecule has 1 N–H and O–H groups in total. The minimum atomic E-state index is -5.62. The lowest BCUT2D eigenvalue weighted by atomic mass is 9.86. The van der Waals surface area contributed by atoms with Crippen molar-refractivity contribution >= 4 is 11.9 Å². The molecule has 136 valence electrons. The maximum Gasteiger partial charge on any atom is 0.491 e. The Morgan fingerprint density at radius 3 is 1.50 bits per heavy atom. The van der Waals surface area contributed by atoms with Gasteiger partial charge in [0.15, 0.2) is 0 Å². The third-order valence-electron chi connectivity index (χ3n) is 2.36. The molecule has 0 saturated carbocycles. The van der Waals surface area contributed by atoms with Gasteiger partial charge >= 0.3 is 24.3 Å². The summed E-state index contributed by atoms with van der Waals surface area (Å²) in [6, 6.07) is 7.46. The summed E-state index contributed by atoms with van der Waals surface area (Å²) in [6.45, 7) is 6.26. The molecule has 0 radical (unpaired) electrons. The van der Waals surface area contributed by atoms with Gasteiger partial charge in [0.25, 0.3) is 0 Å². The number of aromatic hydroxyl groups is 1. The fourth-order valence-electron chi connectivity index (χ4n) is 1.31. The molecule has 0 amide bonds. The van der Waals surface area contributed by atoms with Crippen LogP contribution in [0.3, 0.4) is 0 Å². The molecule has 1 aromatic carbocycles. The van der Waals surface area contributed by atoms with Crippen molar-refractivity contribution in [1.82, 2.24) is 0 Å². The Labute approximate surface area is 133 Å². The third kappa shape index (κ3) is 7.34. The van der Waals surface area contributed by atoms with Gasteiger partial charge < -0.3 is 9.84 Å². The first-order valence-corrected chi connectivity index (χ1v) is 6.25. The number of carbonyl (C=O) groups excluding carboxylic acids is 2. The molecule has 0 aliphatic rings. The average molecular weight is 360 g/mol. The molecule has 0 atom stereocenters. The van der Waals surface area contributed by atoms with Gasteiger partial charge in [0.05, 0.1) is 0 Å². The summed E-state index contributed by atoms with van der Waals surface area (Å²) in [6.07, 6.45) is -11.2. The number of halogens is 6. The number of benzene rings is 1. The normalized spacial score (nSPS) is 12.0. The van der Waals surface area contributed by atoms with Crippen molar-refractivity contribution in [1.29, 1.82) is 0 Å². The van der Waals surface area contributed by atoms with Crippen molar-refractivity contribution in [3.63, 3.8) is 0 Å². The van der Waals surface area contributed by atoms with Crippen molar-refractivity contribution in [2.24, 2.45) is 0 Å². The fourth-order valence-corrected chi connectivity index (χ4v) is 1.31. The zero-order valence-electron chi connectivity index (χ0n) is 12.7. The van der Waals surface area contributed by atoms with Crippen LogP contribution in [0.2, 0.25) is 0 Å². The highest BCUT2D eigenvalue weighted by Gasteiger charge is 2.49. The highest BCUT2D eigenvalue weighted by atomic mass is 19.4. The monoisotopic (exact) mass is 360 g/mol. The lowest BCUT2D eigenvalue weighted by molar-refractivity contribution is -0.221. The van der Waals surface area contributed by atoms with Gasteiger partial charge in [-0.3, -0.25) is 0 Å². The molecule has 0 unspecified atom stereocenters. The van der Waals surface area contributed by atoms with Gasteiger partial charge in [0.1, 0.15) is 5.75 Å². The Bertz CT molecular complexity index is 560. The predicted molar refractivity (Wildman–Crippen MR) is 70.0 cm³/mol. The lowest BCUT2D eigenvalue weighted by Crippen LogP contribution is -2.34. The van der Waals surface area contributed by atoms with E-state index in [-0.39, 0.29) is 5.41 Å². The molecule has 1 rings (SSSR count). The highest BCUT2D eigenvalue weighted by Crippen LogP contribution is 2.29. The zero-order chi connectivity index (χ0) is 19.3. The van der Waals surface area contributed by atoms with Crippen molar-refractivity contribution in [3.8, 4) is 5.75 Å². The Morgan fingerprint density at radius 2 is 1.25 bits per heavy atom. The van der Waals surface area contributed by atoms with Gasteiger partial charge in [-0.25, -0.2) is 9.59 Å². The van der Waals surface area contributed by atoms with Crippen LogP contribution in [0.5, 0.6) is 5.75 Å². The van der Waals surface area contributed by atoms with Gasteiger partial charge in [-0.05, 0) is 17.0 Å². The molecule has 0 bridgehead atoms. The van der Waals surface area contributed by atoms with E-state index in [1.165, 1.54) is 0 Å². The largest absolute Gasteiger partial charge is 0.508 e. The summed E-state index contributed by atoms with van der Waals surface area (Å²) in [7, 11) is 0. The van der Waals surface area contributed by atoms with Crippen LogP contribution in [0, 0.1) is 0 Å². The molecule has 4 nitrogen and oxygen atoms in total. The molecule has 0 aromatic heterocycles. The van der Waals surface area contributed by atoms with Gasteiger partial charge in [-0.2, -0.15) is 26.3 Å². The van der Waals surface area contributed by atoms with E-state index in [0.717, 1.165) is 5.56 Å². The second kappa shape index (κ2) is 7.54. The number of para-hydroxylation sites is 1. The second-order valence-electron chi connectivity index (χ2n) is 5.44. The minimum Gasteiger partial charge on any atom is -0.508 e. The van der Waals surface area contributed by atoms with E-state index in [1.54, 1.807) is 6.07 Å². The summed E-state index contributed by atoms with van der Waals surface area (Å²) in [4.78, 5) is 19.3. The number of alkyl halides is 6. The van der Waals surface area contributed by atoms with Crippen molar-refractivity contribution in [2.75, 3.05) is 0 Å². The molecule has 0 fully saturated rings. The van der Waals surface area contributed by atoms with Crippen LogP contribution in [0.15, 0.2) is 24.3 Å². The SMILES string of the molecule is CC(C)(C)c1ccccc1O.O=C(OC(=O)C(F)(F)F)C(F)(F)F. The summed E-state index contributed by atoms with van der Waals surface area (Å²) in [5, 5.41) is 9.45. The molecule has 0 aliphatic heterocycles. The lowest BCUT2D eigenvalue weighted by Gasteiger charge is -2.19.